The topological polar surface area (TPSA) is 29.4 Å². The lowest BCUT2D eigenvalue weighted by Crippen LogP contribution is -2.02. The number of allylic oxidation sites excluding steroid dienone is 4. The lowest BCUT2D eigenvalue weighted by atomic mass is 10.2. The molecule has 0 spiro atoms. The third-order valence-electron chi connectivity index (χ3n) is 1.01. The predicted octanol–water partition coefficient (Wildman–Crippen LogP) is 1.84. The summed E-state index contributed by atoms with van der Waals surface area (Å²) in [6.07, 6.45) is 4.09. The van der Waals surface area contributed by atoms with E-state index < -0.39 is 0 Å². The number of ketones is 1. The first-order chi connectivity index (χ1) is 4.74. The Morgan fingerprint density at radius 1 is 1.40 bits per heavy atom. The Hall–Kier alpha value is -0.600. The standard InChI is InChI=1S/C6H3Cl2NO/c7-5-3-4(10)1-2-6(5)9-8/h1-3H. The van der Waals surface area contributed by atoms with Gasteiger partial charge in [-0.2, -0.15) is 4.51 Å². The van der Waals surface area contributed by atoms with E-state index in [0.717, 1.165) is 0 Å². The zero-order chi connectivity index (χ0) is 7.56. The maximum absolute atomic E-state index is 10.6. The van der Waals surface area contributed by atoms with Crippen LogP contribution in [0.4, 0.5) is 0 Å². The van der Waals surface area contributed by atoms with E-state index in [0.29, 0.717) is 5.71 Å². The second-order valence-corrected chi connectivity index (χ2v) is 2.27. The van der Waals surface area contributed by atoms with Crippen molar-refractivity contribution in [2.24, 2.45) is 4.51 Å². The van der Waals surface area contributed by atoms with Crippen LogP contribution in [-0.2, 0) is 4.79 Å². The molecule has 52 valence electrons. The molecule has 0 aromatic heterocycles. The fraction of sp³-hybridized carbons (Fsp3) is 0. The van der Waals surface area contributed by atoms with Crippen molar-refractivity contribution in [1.29, 1.82) is 0 Å². The summed E-state index contributed by atoms with van der Waals surface area (Å²) in [6.45, 7) is 0. The van der Waals surface area contributed by atoms with Crippen molar-refractivity contribution in [2.45, 2.75) is 0 Å². The third-order valence-corrected chi connectivity index (χ3v) is 1.50. The van der Waals surface area contributed by atoms with Gasteiger partial charge in [0.05, 0.1) is 10.7 Å². The largest absolute Gasteiger partial charge is 0.290 e. The van der Waals surface area contributed by atoms with Gasteiger partial charge in [0.2, 0.25) is 0 Å². The average Bonchev–Trinajstić information content (AvgIpc) is 1.88. The van der Waals surface area contributed by atoms with Gasteiger partial charge in [0.25, 0.3) is 0 Å². The van der Waals surface area contributed by atoms with Crippen molar-refractivity contribution in [3.63, 3.8) is 0 Å². The Morgan fingerprint density at radius 2 is 2.10 bits per heavy atom. The van der Waals surface area contributed by atoms with Crippen molar-refractivity contribution in [3.05, 3.63) is 23.3 Å². The Labute approximate surface area is 68.0 Å². The highest BCUT2D eigenvalue weighted by Gasteiger charge is 2.07. The molecule has 4 heteroatoms. The van der Waals surface area contributed by atoms with Gasteiger partial charge in [0.15, 0.2) is 5.78 Å². The molecule has 0 saturated heterocycles. The van der Waals surface area contributed by atoms with E-state index >= 15 is 0 Å². The van der Waals surface area contributed by atoms with E-state index in [1.165, 1.54) is 18.2 Å². The van der Waals surface area contributed by atoms with E-state index in [4.69, 9.17) is 23.4 Å². The van der Waals surface area contributed by atoms with Gasteiger partial charge in [0, 0.05) is 17.9 Å². The minimum atomic E-state index is -0.144. The summed E-state index contributed by atoms with van der Waals surface area (Å²) in [5.74, 6) is -0.144. The van der Waals surface area contributed by atoms with Crippen molar-refractivity contribution in [3.8, 4) is 0 Å². The molecule has 1 rings (SSSR count). The van der Waals surface area contributed by atoms with Gasteiger partial charge < -0.3 is 0 Å². The molecule has 2 nitrogen and oxygen atoms in total. The summed E-state index contributed by atoms with van der Waals surface area (Å²) < 4.78 is 3.31. The molecule has 0 radical (unpaired) electrons. The van der Waals surface area contributed by atoms with Gasteiger partial charge in [-0.05, 0) is 12.2 Å². The first-order valence-electron chi connectivity index (χ1n) is 2.52. The summed E-state index contributed by atoms with van der Waals surface area (Å²) in [5, 5.41) is 0.280. The Morgan fingerprint density at radius 3 is 2.60 bits per heavy atom. The van der Waals surface area contributed by atoms with Gasteiger partial charge in [-0.3, -0.25) is 4.79 Å². The number of hydrogen-bond donors (Lipinski definition) is 0. The third kappa shape index (κ3) is 1.46. The van der Waals surface area contributed by atoms with Gasteiger partial charge >= 0.3 is 0 Å². The second kappa shape index (κ2) is 2.99. The molecule has 0 unspecified atom stereocenters. The molecular formula is C6H3Cl2NO. The number of halogens is 2. The molecule has 0 amide bonds. The zero-order valence-corrected chi connectivity index (χ0v) is 6.36. The van der Waals surface area contributed by atoms with Crippen LogP contribution >= 0.6 is 23.4 Å². The van der Waals surface area contributed by atoms with E-state index in [1.807, 2.05) is 0 Å². The van der Waals surface area contributed by atoms with Crippen LogP contribution in [0.25, 0.3) is 0 Å². The van der Waals surface area contributed by atoms with E-state index in [1.54, 1.807) is 0 Å². The number of carbonyl (C=O) groups is 1. The summed E-state index contributed by atoms with van der Waals surface area (Å²) in [7, 11) is 0. The normalized spacial score (nSPS) is 21.6. The second-order valence-electron chi connectivity index (χ2n) is 1.70. The number of hydrogen-bond acceptors (Lipinski definition) is 2. The van der Waals surface area contributed by atoms with Gasteiger partial charge in [0.1, 0.15) is 0 Å². The quantitative estimate of drug-likeness (QED) is 0.517. The molecule has 0 aliphatic heterocycles. The molecule has 0 bridgehead atoms. The Kier molecular flexibility index (Phi) is 2.25. The van der Waals surface area contributed by atoms with E-state index in [-0.39, 0.29) is 10.8 Å². The van der Waals surface area contributed by atoms with Crippen molar-refractivity contribution in [2.75, 3.05) is 0 Å². The van der Waals surface area contributed by atoms with E-state index in [2.05, 4.69) is 4.51 Å². The van der Waals surface area contributed by atoms with Crippen LogP contribution < -0.4 is 0 Å². The fourth-order valence-electron chi connectivity index (χ4n) is 0.556. The van der Waals surface area contributed by atoms with Gasteiger partial charge in [-0.25, -0.2) is 0 Å². The lowest BCUT2D eigenvalue weighted by Gasteiger charge is -1.99. The number of nitrogens with zero attached hydrogens (tertiary/aromatic N) is 1. The average molecular weight is 176 g/mol. The molecule has 0 saturated carbocycles. The molecule has 0 atom stereocenters. The minimum Gasteiger partial charge on any atom is -0.290 e. The molecule has 0 fully saturated rings. The predicted molar refractivity (Wildman–Crippen MR) is 41.4 cm³/mol. The van der Waals surface area contributed by atoms with Crippen LogP contribution in [0.1, 0.15) is 0 Å². The zero-order valence-electron chi connectivity index (χ0n) is 4.84. The van der Waals surface area contributed by atoms with Crippen LogP contribution in [0.15, 0.2) is 27.8 Å². The number of carbonyl (C=O) groups excluding carboxylic acids is 1. The summed E-state index contributed by atoms with van der Waals surface area (Å²) in [5.41, 5.74) is 0.419. The van der Waals surface area contributed by atoms with Crippen LogP contribution in [-0.4, -0.2) is 11.5 Å². The van der Waals surface area contributed by atoms with Crippen molar-refractivity contribution >= 4 is 34.9 Å². The molecule has 0 N–H and O–H groups in total. The van der Waals surface area contributed by atoms with Crippen LogP contribution in [0.3, 0.4) is 0 Å². The first-order valence-corrected chi connectivity index (χ1v) is 3.24. The lowest BCUT2D eigenvalue weighted by molar-refractivity contribution is -0.110. The first kappa shape index (κ1) is 7.51. The molecule has 10 heavy (non-hydrogen) atoms. The maximum Gasteiger partial charge on any atom is 0.180 e. The summed E-state index contributed by atoms with van der Waals surface area (Å²) in [6, 6.07) is 0. The highest BCUT2D eigenvalue weighted by Crippen LogP contribution is 2.11. The monoisotopic (exact) mass is 175 g/mol. The maximum atomic E-state index is 10.6. The SMILES string of the molecule is O=C1C=CC(=NCl)C(Cl)=C1. The molecule has 1 aliphatic carbocycles. The van der Waals surface area contributed by atoms with Crippen molar-refractivity contribution in [1.82, 2.24) is 0 Å². The van der Waals surface area contributed by atoms with Crippen LogP contribution in [0, 0.1) is 0 Å². The smallest absolute Gasteiger partial charge is 0.180 e. The van der Waals surface area contributed by atoms with E-state index in [9.17, 15) is 4.79 Å². The van der Waals surface area contributed by atoms with Gasteiger partial charge in [-0.15, -0.1) is 0 Å². The highest BCUT2D eigenvalue weighted by atomic mass is 35.5. The Balaban J connectivity index is 2.97. The molecule has 0 heterocycles. The van der Waals surface area contributed by atoms with Crippen molar-refractivity contribution < 1.29 is 4.79 Å². The van der Waals surface area contributed by atoms with Gasteiger partial charge in [-0.1, -0.05) is 11.6 Å². The Bertz CT molecular complexity index is 252. The minimum absolute atomic E-state index is 0.144. The molecule has 1 aliphatic rings. The molecule has 0 aromatic carbocycles. The molecule has 0 aromatic rings. The number of rotatable bonds is 0. The summed E-state index contributed by atoms with van der Waals surface area (Å²) >= 11 is 10.7. The van der Waals surface area contributed by atoms with Crippen LogP contribution in [0.5, 0.6) is 0 Å². The fourth-order valence-corrected chi connectivity index (χ4v) is 0.960. The van der Waals surface area contributed by atoms with Crippen LogP contribution in [0.2, 0.25) is 0 Å². The summed E-state index contributed by atoms with van der Waals surface area (Å²) in [4.78, 5) is 10.6. The highest BCUT2D eigenvalue weighted by molar-refractivity contribution is 6.49. The molecular weight excluding hydrogens is 173 g/mol.